The number of aliphatic carboxylic acids is 2. The third-order valence-corrected chi connectivity index (χ3v) is 5.09. The van der Waals surface area contributed by atoms with Crippen molar-refractivity contribution in [1.29, 1.82) is 0 Å². The summed E-state index contributed by atoms with van der Waals surface area (Å²) in [5.74, 6) is -3.52. The molecule has 38 heavy (non-hydrogen) atoms. The standard InChI is InChI=1S/C20H25N7O11/c1-8(2)16(32)25-18-24-15-14(17(33)26-18)23-7-27(15)11-3-9(38-20(35)22-5-13(30)31)10(37-11)6-36-19(34)21-4-12(28)29/h7-11H,3-6H2,1-2H3,(H,21,34)(H,22,35)(H,28,29)(H,30,31)(H2,24,25,26,32,33)/t9-,10+,11+/m0/s1. The highest BCUT2D eigenvalue weighted by Gasteiger charge is 2.40. The highest BCUT2D eigenvalue weighted by Crippen LogP contribution is 2.32. The topological polar surface area (TPSA) is 253 Å². The third-order valence-electron chi connectivity index (χ3n) is 5.09. The maximum atomic E-state index is 12.5. The molecule has 2 aromatic heterocycles. The summed E-state index contributed by atoms with van der Waals surface area (Å²) in [6.45, 7) is 1.42. The molecule has 2 aromatic rings. The number of amides is 3. The van der Waals surface area contributed by atoms with E-state index in [1.807, 2.05) is 10.6 Å². The van der Waals surface area contributed by atoms with Gasteiger partial charge in [0, 0.05) is 12.3 Å². The molecule has 0 aliphatic carbocycles. The largest absolute Gasteiger partial charge is 0.480 e. The van der Waals surface area contributed by atoms with E-state index in [4.69, 9.17) is 24.4 Å². The summed E-state index contributed by atoms with van der Waals surface area (Å²) in [5, 5.41) is 23.9. The molecule has 1 fully saturated rings. The average molecular weight is 539 g/mol. The smallest absolute Gasteiger partial charge is 0.408 e. The van der Waals surface area contributed by atoms with E-state index in [9.17, 15) is 28.8 Å². The van der Waals surface area contributed by atoms with Crippen LogP contribution in [0.2, 0.25) is 0 Å². The fourth-order valence-electron chi connectivity index (χ4n) is 3.29. The number of H-pyrrole nitrogens is 1. The van der Waals surface area contributed by atoms with Crippen LogP contribution in [-0.4, -0.2) is 91.7 Å². The SMILES string of the molecule is CC(C)C(=O)Nc1nc2c(ncn2[C@H]2C[C@H](OC(=O)NCC(=O)O)[C@@H](COC(=O)NCC(=O)O)O2)c(=O)[nH]1. The lowest BCUT2D eigenvalue weighted by Crippen LogP contribution is -2.38. The van der Waals surface area contributed by atoms with Gasteiger partial charge in [-0.15, -0.1) is 0 Å². The molecule has 3 rings (SSSR count). The van der Waals surface area contributed by atoms with Gasteiger partial charge in [-0.2, -0.15) is 4.98 Å². The number of aromatic amines is 1. The molecule has 1 aliphatic heterocycles. The molecule has 18 nitrogen and oxygen atoms in total. The Morgan fingerprint density at radius 2 is 1.82 bits per heavy atom. The Bertz CT molecular complexity index is 1290. The van der Waals surface area contributed by atoms with Crippen molar-refractivity contribution in [2.24, 2.45) is 5.92 Å². The van der Waals surface area contributed by atoms with Crippen LogP contribution < -0.4 is 21.5 Å². The first-order valence-corrected chi connectivity index (χ1v) is 11.2. The van der Waals surface area contributed by atoms with Crippen LogP contribution >= 0.6 is 0 Å². The van der Waals surface area contributed by atoms with Gasteiger partial charge in [0.25, 0.3) is 5.56 Å². The Hall–Kier alpha value is -4.74. The van der Waals surface area contributed by atoms with E-state index in [-0.39, 0.29) is 23.5 Å². The van der Waals surface area contributed by atoms with Crippen LogP contribution in [-0.2, 0) is 28.6 Å². The Labute approximate surface area is 212 Å². The summed E-state index contributed by atoms with van der Waals surface area (Å²) in [4.78, 5) is 80.3. The number of carbonyl (C=O) groups is 5. The van der Waals surface area contributed by atoms with Crippen LogP contribution in [0.15, 0.2) is 11.1 Å². The molecule has 0 aromatic carbocycles. The van der Waals surface area contributed by atoms with Crippen molar-refractivity contribution in [2.75, 3.05) is 25.0 Å². The van der Waals surface area contributed by atoms with Crippen molar-refractivity contribution < 1.29 is 48.4 Å². The molecule has 206 valence electrons. The second-order valence-electron chi connectivity index (χ2n) is 8.28. The first-order chi connectivity index (χ1) is 17.9. The minimum absolute atomic E-state index is 0.0349. The van der Waals surface area contributed by atoms with E-state index in [1.54, 1.807) is 13.8 Å². The number of ether oxygens (including phenoxy) is 3. The van der Waals surface area contributed by atoms with Crippen molar-refractivity contribution in [2.45, 2.75) is 38.7 Å². The van der Waals surface area contributed by atoms with E-state index in [0.717, 1.165) is 0 Å². The molecule has 0 unspecified atom stereocenters. The number of nitrogens with zero attached hydrogens (tertiary/aromatic N) is 3. The maximum Gasteiger partial charge on any atom is 0.408 e. The summed E-state index contributed by atoms with van der Waals surface area (Å²) < 4.78 is 17.4. The van der Waals surface area contributed by atoms with Gasteiger partial charge in [-0.25, -0.2) is 14.6 Å². The van der Waals surface area contributed by atoms with Crippen LogP contribution in [0, 0.1) is 5.92 Å². The van der Waals surface area contributed by atoms with Gasteiger partial charge in [-0.1, -0.05) is 13.8 Å². The molecule has 18 heteroatoms. The molecule has 0 spiro atoms. The summed E-state index contributed by atoms with van der Waals surface area (Å²) in [6, 6.07) is 0. The summed E-state index contributed by atoms with van der Waals surface area (Å²) in [5.41, 5.74) is -0.671. The molecule has 0 bridgehead atoms. The zero-order chi connectivity index (χ0) is 28.0. The molecule has 3 atom stereocenters. The lowest BCUT2D eigenvalue weighted by Gasteiger charge is -2.18. The second-order valence-corrected chi connectivity index (χ2v) is 8.28. The molecule has 0 saturated carbocycles. The molecule has 3 amide bonds. The lowest BCUT2D eigenvalue weighted by molar-refractivity contribution is -0.136. The van der Waals surface area contributed by atoms with Crippen molar-refractivity contribution in [3.8, 4) is 0 Å². The van der Waals surface area contributed by atoms with Crippen LogP contribution in [0.5, 0.6) is 0 Å². The van der Waals surface area contributed by atoms with Gasteiger partial charge in [0.15, 0.2) is 11.2 Å². The molecule has 1 aliphatic rings. The van der Waals surface area contributed by atoms with E-state index >= 15 is 0 Å². The fraction of sp³-hybridized carbons (Fsp3) is 0.500. The van der Waals surface area contributed by atoms with E-state index < -0.39 is 79.6 Å². The van der Waals surface area contributed by atoms with Gasteiger partial charge in [0.1, 0.15) is 38.1 Å². The number of anilines is 1. The number of aromatic nitrogens is 4. The number of fused-ring (bicyclic) bond motifs is 1. The summed E-state index contributed by atoms with van der Waals surface area (Å²) in [7, 11) is 0. The Kier molecular flexibility index (Phi) is 8.79. The zero-order valence-corrected chi connectivity index (χ0v) is 20.1. The number of alkyl carbamates (subject to hydrolysis) is 2. The number of hydrogen-bond acceptors (Lipinski definition) is 11. The minimum atomic E-state index is -1.31. The Morgan fingerprint density at radius 3 is 2.45 bits per heavy atom. The van der Waals surface area contributed by atoms with Crippen molar-refractivity contribution in [1.82, 2.24) is 30.2 Å². The van der Waals surface area contributed by atoms with Crippen molar-refractivity contribution >= 4 is 47.1 Å². The van der Waals surface area contributed by atoms with E-state index in [2.05, 4.69) is 20.3 Å². The molecule has 6 N–H and O–H groups in total. The molecular weight excluding hydrogens is 514 g/mol. The van der Waals surface area contributed by atoms with Gasteiger partial charge in [-0.05, 0) is 0 Å². The second kappa shape index (κ2) is 12.0. The number of carbonyl (C=O) groups excluding carboxylic acids is 3. The number of rotatable bonds is 10. The third kappa shape index (κ3) is 7.15. The molecule has 1 saturated heterocycles. The molecular formula is C20H25N7O11. The van der Waals surface area contributed by atoms with Gasteiger partial charge < -0.3 is 35.1 Å². The minimum Gasteiger partial charge on any atom is -0.480 e. The first kappa shape index (κ1) is 27.8. The maximum absolute atomic E-state index is 12.5. The Morgan fingerprint density at radius 1 is 1.16 bits per heavy atom. The van der Waals surface area contributed by atoms with Gasteiger partial charge in [-0.3, -0.25) is 34.0 Å². The van der Waals surface area contributed by atoms with E-state index in [1.165, 1.54) is 10.9 Å². The number of imidazole rings is 1. The van der Waals surface area contributed by atoms with E-state index in [0.29, 0.717) is 0 Å². The van der Waals surface area contributed by atoms with Crippen LogP contribution in [0.3, 0.4) is 0 Å². The number of hydrogen-bond donors (Lipinski definition) is 6. The fourth-order valence-corrected chi connectivity index (χ4v) is 3.29. The zero-order valence-electron chi connectivity index (χ0n) is 20.1. The number of carboxylic acids is 2. The summed E-state index contributed by atoms with van der Waals surface area (Å²) >= 11 is 0. The number of carboxylic acid groups (broad SMARTS) is 2. The highest BCUT2D eigenvalue weighted by molar-refractivity contribution is 5.91. The normalized spacial score (nSPS) is 18.7. The average Bonchev–Trinajstić information content (AvgIpc) is 3.44. The number of nitrogens with one attached hydrogen (secondary N) is 4. The van der Waals surface area contributed by atoms with Crippen molar-refractivity contribution in [3.05, 3.63) is 16.7 Å². The Balaban J connectivity index is 1.81. The predicted molar refractivity (Wildman–Crippen MR) is 123 cm³/mol. The quantitative estimate of drug-likeness (QED) is 0.212. The van der Waals surface area contributed by atoms with Gasteiger partial charge in [0.2, 0.25) is 11.9 Å². The summed E-state index contributed by atoms with van der Waals surface area (Å²) in [6.07, 6.45) is -4.05. The highest BCUT2D eigenvalue weighted by atomic mass is 16.6. The first-order valence-electron chi connectivity index (χ1n) is 11.2. The predicted octanol–water partition coefficient (Wildman–Crippen LogP) is -1.01. The van der Waals surface area contributed by atoms with Gasteiger partial charge >= 0.3 is 24.1 Å². The molecule has 0 radical (unpaired) electrons. The monoisotopic (exact) mass is 539 g/mol. The lowest BCUT2D eigenvalue weighted by atomic mass is 10.2. The van der Waals surface area contributed by atoms with Crippen LogP contribution in [0.1, 0.15) is 26.5 Å². The van der Waals surface area contributed by atoms with Crippen LogP contribution in [0.25, 0.3) is 11.2 Å². The van der Waals surface area contributed by atoms with Crippen molar-refractivity contribution in [3.63, 3.8) is 0 Å². The van der Waals surface area contributed by atoms with Gasteiger partial charge in [0.05, 0.1) is 6.33 Å². The molecule has 3 heterocycles. The van der Waals surface area contributed by atoms with Crippen LogP contribution in [0.4, 0.5) is 15.5 Å².